The van der Waals surface area contributed by atoms with Crippen LogP contribution in [0.3, 0.4) is 0 Å². The highest BCUT2D eigenvalue weighted by atomic mass is 16.6. The van der Waals surface area contributed by atoms with Crippen LogP contribution in [0.25, 0.3) is 0 Å². The number of anilines is 2. The molecule has 0 aliphatic heterocycles. The lowest BCUT2D eigenvalue weighted by molar-refractivity contribution is 0.0635. The Kier molecular flexibility index (Phi) is 7.50. The fourth-order valence-electron chi connectivity index (χ4n) is 2.87. The molecular weight excluding hydrogens is 422 g/mol. The lowest BCUT2D eigenvalue weighted by Gasteiger charge is -2.19. The van der Waals surface area contributed by atoms with Gasteiger partial charge in [0.15, 0.2) is 11.5 Å². The number of carbonyl (C=O) groups is 2. The SMILES string of the molecule is COc1ccc(NC(=O)c2cccc(NC(=O)OC(C)(C)C)c2)cc1OCc1cccnc1. The average molecular weight is 450 g/mol. The van der Waals surface area contributed by atoms with E-state index in [0.717, 1.165) is 5.56 Å². The van der Waals surface area contributed by atoms with Crippen LogP contribution >= 0.6 is 0 Å². The van der Waals surface area contributed by atoms with Crippen molar-refractivity contribution in [2.75, 3.05) is 17.7 Å². The van der Waals surface area contributed by atoms with Gasteiger partial charge < -0.3 is 19.5 Å². The van der Waals surface area contributed by atoms with E-state index < -0.39 is 11.7 Å². The van der Waals surface area contributed by atoms with E-state index in [9.17, 15) is 9.59 Å². The fraction of sp³-hybridized carbons (Fsp3) is 0.240. The Bertz CT molecular complexity index is 1110. The van der Waals surface area contributed by atoms with Gasteiger partial charge in [-0.3, -0.25) is 15.1 Å². The van der Waals surface area contributed by atoms with Crippen molar-refractivity contribution in [1.82, 2.24) is 4.98 Å². The zero-order valence-electron chi connectivity index (χ0n) is 19.0. The number of pyridine rings is 1. The monoisotopic (exact) mass is 449 g/mol. The van der Waals surface area contributed by atoms with E-state index in [0.29, 0.717) is 35.0 Å². The predicted molar refractivity (Wildman–Crippen MR) is 126 cm³/mol. The Balaban J connectivity index is 1.69. The Morgan fingerprint density at radius 1 is 0.939 bits per heavy atom. The van der Waals surface area contributed by atoms with Gasteiger partial charge in [-0.05, 0) is 57.2 Å². The highest BCUT2D eigenvalue weighted by molar-refractivity contribution is 6.05. The molecule has 0 atom stereocenters. The van der Waals surface area contributed by atoms with E-state index in [1.54, 1.807) is 82.7 Å². The fourth-order valence-corrected chi connectivity index (χ4v) is 2.87. The second-order valence-corrected chi connectivity index (χ2v) is 8.18. The number of aromatic nitrogens is 1. The van der Waals surface area contributed by atoms with Gasteiger partial charge in [-0.25, -0.2) is 4.79 Å². The third-order valence-corrected chi connectivity index (χ3v) is 4.31. The minimum Gasteiger partial charge on any atom is -0.493 e. The van der Waals surface area contributed by atoms with Gasteiger partial charge in [-0.1, -0.05) is 12.1 Å². The number of hydrogen-bond acceptors (Lipinski definition) is 6. The van der Waals surface area contributed by atoms with Crippen LogP contribution in [0.5, 0.6) is 11.5 Å². The van der Waals surface area contributed by atoms with Crippen molar-refractivity contribution in [3.8, 4) is 11.5 Å². The summed E-state index contributed by atoms with van der Waals surface area (Å²) >= 11 is 0. The van der Waals surface area contributed by atoms with Crippen molar-refractivity contribution in [3.05, 3.63) is 78.1 Å². The second-order valence-electron chi connectivity index (χ2n) is 8.18. The summed E-state index contributed by atoms with van der Waals surface area (Å²) in [6, 6.07) is 15.4. The van der Waals surface area contributed by atoms with Gasteiger partial charge in [0, 0.05) is 41.0 Å². The summed E-state index contributed by atoms with van der Waals surface area (Å²) in [7, 11) is 1.55. The molecule has 2 amide bonds. The summed E-state index contributed by atoms with van der Waals surface area (Å²) in [4.78, 5) is 28.9. The molecule has 8 heteroatoms. The summed E-state index contributed by atoms with van der Waals surface area (Å²) in [5.41, 5.74) is 1.64. The molecule has 2 N–H and O–H groups in total. The molecular formula is C25H27N3O5. The van der Waals surface area contributed by atoms with Crippen molar-refractivity contribution >= 4 is 23.4 Å². The summed E-state index contributed by atoms with van der Waals surface area (Å²) in [5.74, 6) is 0.686. The van der Waals surface area contributed by atoms with Gasteiger partial charge in [-0.15, -0.1) is 0 Å². The van der Waals surface area contributed by atoms with Gasteiger partial charge in [0.2, 0.25) is 0 Å². The van der Waals surface area contributed by atoms with Crippen LogP contribution in [0.4, 0.5) is 16.2 Å². The number of ether oxygens (including phenoxy) is 3. The van der Waals surface area contributed by atoms with Gasteiger partial charge in [-0.2, -0.15) is 0 Å². The third kappa shape index (κ3) is 7.24. The maximum Gasteiger partial charge on any atom is 0.412 e. The molecule has 0 fully saturated rings. The van der Waals surface area contributed by atoms with Gasteiger partial charge in [0.1, 0.15) is 12.2 Å². The molecule has 0 unspecified atom stereocenters. The average Bonchev–Trinajstić information content (AvgIpc) is 2.77. The topological polar surface area (TPSA) is 98.8 Å². The van der Waals surface area contributed by atoms with Crippen LogP contribution in [0.2, 0.25) is 0 Å². The summed E-state index contributed by atoms with van der Waals surface area (Å²) < 4.78 is 16.5. The first-order chi connectivity index (χ1) is 15.7. The predicted octanol–water partition coefficient (Wildman–Crippen LogP) is 5.27. The molecule has 2 aromatic carbocycles. The van der Waals surface area contributed by atoms with Crippen LogP contribution < -0.4 is 20.1 Å². The summed E-state index contributed by atoms with van der Waals surface area (Å²) in [6.45, 7) is 5.64. The van der Waals surface area contributed by atoms with Crippen molar-refractivity contribution in [1.29, 1.82) is 0 Å². The first-order valence-corrected chi connectivity index (χ1v) is 10.3. The molecule has 33 heavy (non-hydrogen) atoms. The number of benzene rings is 2. The number of hydrogen-bond donors (Lipinski definition) is 2. The molecule has 8 nitrogen and oxygen atoms in total. The van der Waals surface area contributed by atoms with Crippen LogP contribution in [0.1, 0.15) is 36.7 Å². The number of methoxy groups -OCH3 is 1. The number of carbonyl (C=O) groups excluding carboxylic acids is 2. The highest BCUT2D eigenvalue weighted by Crippen LogP contribution is 2.31. The van der Waals surface area contributed by atoms with Crippen molar-refractivity contribution in [2.24, 2.45) is 0 Å². The Labute approximate surface area is 192 Å². The number of nitrogens with one attached hydrogen (secondary N) is 2. The molecule has 0 saturated heterocycles. The number of amides is 2. The van der Waals surface area contributed by atoms with Crippen LogP contribution in [0.15, 0.2) is 67.0 Å². The number of nitrogens with zero attached hydrogens (tertiary/aromatic N) is 1. The van der Waals surface area contributed by atoms with Crippen molar-refractivity contribution in [3.63, 3.8) is 0 Å². The van der Waals surface area contributed by atoms with Crippen LogP contribution in [0, 0.1) is 0 Å². The molecule has 172 valence electrons. The van der Waals surface area contributed by atoms with E-state index in [1.807, 2.05) is 12.1 Å². The molecule has 0 spiro atoms. The lowest BCUT2D eigenvalue weighted by atomic mass is 10.1. The Morgan fingerprint density at radius 3 is 2.42 bits per heavy atom. The molecule has 3 rings (SSSR count). The first kappa shape index (κ1) is 23.6. The Hall–Kier alpha value is -4.07. The Morgan fingerprint density at radius 2 is 1.73 bits per heavy atom. The second kappa shape index (κ2) is 10.5. The van der Waals surface area contributed by atoms with E-state index >= 15 is 0 Å². The molecule has 0 saturated carbocycles. The van der Waals surface area contributed by atoms with Crippen molar-refractivity contribution in [2.45, 2.75) is 33.0 Å². The van der Waals surface area contributed by atoms with Crippen molar-refractivity contribution < 1.29 is 23.8 Å². The molecule has 0 radical (unpaired) electrons. The molecule has 1 aromatic heterocycles. The zero-order valence-corrected chi connectivity index (χ0v) is 19.0. The van der Waals surface area contributed by atoms with Crippen LogP contribution in [-0.4, -0.2) is 29.7 Å². The molecule has 0 bridgehead atoms. The normalized spacial score (nSPS) is 10.8. The van der Waals surface area contributed by atoms with E-state index in [-0.39, 0.29) is 5.91 Å². The third-order valence-electron chi connectivity index (χ3n) is 4.31. The lowest BCUT2D eigenvalue weighted by Crippen LogP contribution is -2.27. The van der Waals surface area contributed by atoms with Gasteiger partial charge >= 0.3 is 6.09 Å². The molecule has 0 aliphatic carbocycles. The minimum absolute atomic E-state index is 0.306. The zero-order chi connectivity index (χ0) is 23.8. The van der Waals surface area contributed by atoms with E-state index in [4.69, 9.17) is 14.2 Å². The quantitative estimate of drug-likeness (QED) is 0.510. The van der Waals surface area contributed by atoms with Crippen LogP contribution in [-0.2, 0) is 11.3 Å². The largest absolute Gasteiger partial charge is 0.493 e. The summed E-state index contributed by atoms with van der Waals surface area (Å²) in [6.07, 6.45) is 2.82. The van der Waals surface area contributed by atoms with E-state index in [1.165, 1.54) is 0 Å². The summed E-state index contributed by atoms with van der Waals surface area (Å²) in [5, 5.41) is 5.47. The molecule has 0 aliphatic rings. The molecule has 1 heterocycles. The standard InChI is InChI=1S/C25H27N3O5/c1-25(2,3)33-24(30)28-19-9-5-8-18(13-19)23(29)27-20-10-11-21(31-4)22(14-20)32-16-17-7-6-12-26-15-17/h5-15H,16H2,1-4H3,(H,27,29)(H,28,30). The maximum absolute atomic E-state index is 12.8. The highest BCUT2D eigenvalue weighted by Gasteiger charge is 2.17. The molecule has 3 aromatic rings. The smallest absolute Gasteiger partial charge is 0.412 e. The maximum atomic E-state index is 12.8. The minimum atomic E-state index is -0.621. The van der Waals surface area contributed by atoms with Gasteiger partial charge in [0.05, 0.1) is 7.11 Å². The number of rotatable bonds is 7. The van der Waals surface area contributed by atoms with Gasteiger partial charge in [0.25, 0.3) is 5.91 Å². The van der Waals surface area contributed by atoms with E-state index in [2.05, 4.69) is 15.6 Å². The first-order valence-electron chi connectivity index (χ1n) is 10.3.